The van der Waals surface area contributed by atoms with Crippen LogP contribution < -0.4 is 10.7 Å². The van der Waals surface area contributed by atoms with E-state index in [-0.39, 0.29) is 16.8 Å². The number of carbonyl (C=O) groups is 1. The Balaban J connectivity index is 1.52. The van der Waals surface area contributed by atoms with Crippen LogP contribution in [0.25, 0.3) is 0 Å². The van der Waals surface area contributed by atoms with E-state index in [9.17, 15) is 14.0 Å². The van der Waals surface area contributed by atoms with Gasteiger partial charge in [-0.05, 0) is 53.4 Å². The predicted molar refractivity (Wildman–Crippen MR) is 111 cm³/mol. The molecule has 28 heavy (non-hydrogen) atoms. The average molecular weight is 462 g/mol. The second kappa shape index (κ2) is 7.60. The summed E-state index contributed by atoms with van der Waals surface area (Å²) in [6, 6.07) is 6.62. The first-order valence-electron chi connectivity index (χ1n) is 8.84. The zero-order chi connectivity index (χ0) is 19.8. The number of anilines is 1. The monoisotopic (exact) mass is 461 g/mol. The molecule has 1 fully saturated rings. The Hall–Kier alpha value is -2.32. The molecule has 1 aliphatic carbocycles. The minimum absolute atomic E-state index is 0.0969. The molecule has 2 aromatic heterocycles. The number of nitrogens with zero attached hydrogens (tertiary/aromatic N) is 2. The van der Waals surface area contributed by atoms with Crippen molar-refractivity contribution in [2.75, 3.05) is 5.32 Å². The third kappa shape index (κ3) is 3.93. The maximum atomic E-state index is 13.0. The molecule has 1 aromatic carbocycles. The zero-order valence-corrected chi connectivity index (χ0v) is 17.4. The summed E-state index contributed by atoms with van der Waals surface area (Å²) in [5.41, 5.74) is 1.56. The lowest BCUT2D eigenvalue weighted by molar-refractivity contribution is 0.102. The molecule has 144 valence electrons. The van der Waals surface area contributed by atoms with Gasteiger partial charge in [-0.3, -0.25) is 14.9 Å². The van der Waals surface area contributed by atoms with E-state index in [1.54, 1.807) is 24.5 Å². The summed E-state index contributed by atoms with van der Waals surface area (Å²) in [5, 5.41) is 3.15. The molecule has 0 spiro atoms. The quantitative estimate of drug-likeness (QED) is 0.599. The van der Waals surface area contributed by atoms with E-state index in [1.165, 1.54) is 23.5 Å². The Morgan fingerprint density at radius 1 is 1.36 bits per heavy atom. The highest BCUT2D eigenvalue weighted by Crippen LogP contribution is 2.36. The van der Waals surface area contributed by atoms with Gasteiger partial charge in [0.1, 0.15) is 11.4 Å². The van der Waals surface area contributed by atoms with Gasteiger partial charge >= 0.3 is 0 Å². The van der Waals surface area contributed by atoms with E-state index in [0.717, 1.165) is 29.0 Å². The number of benzene rings is 1. The summed E-state index contributed by atoms with van der Waals surface area (Å²) in [6.45, 7) is 1.87. The second-order valence-corrected chi connectivity index (χ2v) is 8.71. The Bertz CT molecular complexity index is 1100. The van der Waals surface area contributed by atoms with Crippen LogP contribution in [0.4, 0.5) is 9.52 Å². The highest BCUT2D eigenvalue weighted by molar-refractivity contribution is 9.10. The normalized spacial score (nSPS) is 13.5. The van der Waals surface area contributed by atoms with Crippen LogP contribution in [-0.2, 0) is 6.42 Å². The lowest BCUT2D eigenvalue weighted by Gasteiger charge is -2.13. The summed E-state index contributed by atoms with van der Waals surface area (Å²) in [5.74, 6) is -0.745. The number of rotatable bonds is 5. The summed E-state index contributed by atoms with van der Waals surface area (Å²) in [6.07, 6.45) is 6.02. The average Bonchev–Trinajstić information content (AvgIpc) is 3.42. The summed E-state index contributed by atoms with van der Waals surface area (Å²) in [4.78, 5) is 30.4. The van der Waals surface area contributed by atoms with Gasteiger partial charge in [0, 0.05) is 35.4 Å². The zero-order valence-electron chi connectivity index (χ0n) is 15.0. The van der Waals surface area contributed by atoms with Gasteiger partial charge in [0.25, 0.3) is 5.91 Å². The number of nitrogens with one attached hydrogen (secondary N) is 1. The van der Waals surface area contributed by atoms with Crippen molar-refractivity contribution in [2.24, 2.45) is 0 Å². The first-order valence-corrected chi connectivity index (χ1v) is 10.4. The molecule has 4 rings (SSSR count). The van der Waals surface area contributed by atoms with Crippen molar-refractivity contribution in [1.82, 2.24) is 9.55 Å². The number of thiazole rings is 1. The van der Waals surface area contributed by atoms with Crippen LogP contribution in [0.1, 0.15) is 45.4 Å². The molecule has 8 heteroatoms. The van der Waals surface area contributed by atoms with Gasteiger partial charge in [0.2, 0.25) is 5.43 Å². The molecule has 0 radical (unpaired) electrons. The smallest absolute Gasteiger partial charge is 0.262 e. The van der Waals surface area contributed by atoms with Gasteiger partial charge in [0.15, 0.2) is 5.13 Å². The number of aromatic nitrogens is 2. The van der Waals surface area contributed by atoms with E-state index in [0.29, 0.717) is 22.1 Å². The van der Waals surface area contributed by atoms with E-state index in [4.69, 9.17) is 0 Å². The summed E-state index contributed by atoms with van der Waals surface area (Å²) in [7, 11) is 0. The molecule has 0 saturated heterocycles. The number of pyridine rings is 1. The third-order valence-electron chi connectivity index (χ3n) is 4.67. The molecule has 1 amide bonds. The van der Waals surface area contributed by atoms with Crippen LogP contribution in [0.15, 0.2) is 45.9 Å². The lowest BCUT2D eigenvalue weighted by Crippen LogP contribution is -2.25. The van der Waals surface area contributed by atoms with E-state index in [2.05, 4.69) is 26.2 Å². The number of carbonyl (C=O) groups excluding carboxylic acids is 1. The molecule has 0 atom stereocenters. The Morgan fingerprint density at radius 2 is 2.07 bits per heavy atom. The third-order valence-corrected chi connectivity index (χ3v) is 6.51. The minimum Gasteiger partial charge on any atom is -0.346 e. The molecule has 1 saturated carbocycles. The molecule has 1 N–H and O–H groups in total. The van der Waals surface area contributed by atoms with Crippen LogP contribution in [0.2, 0.25) is 0 Å². The van der Waals surface area contributed by atoms with Gasteiger partial charge in [0.05, 0.1) is 4.47 Å². The summed E-state index contributed by atoms with van der Waals surface area (Å²) < 4.78 is 15.4. The first kappa shape index (κ1) is 19.0. The molecular weight excluding hydrogens is 445 g/mol. The second-order valence-electron chi connectivity index (χ2n) is 6.80. The van der Waals surface area contributed by atoms with Crippen LogP contribution in [0.3, 0.4) is 0 Å². The Labute approximate surface area is 173 Å². The standard InChI is InChI=1S/C20H17BrFN3O2S/c1-11-17(21)18(26)16(10-25(11)14-6-7-14)19(27)24-20-23-9-15(28-20)8-12-2-4-13(22)5-3-12/h2-5,9-10,14H,6-8H2,1H3,(H,23,24,27). The van der Waals surface area contributed by atoms with Crippen molar-refractivity contribution in [1.29, 1.82) is 0 Å². The minimum atomic E-state index is -0.470. The fourth-order valence-corrected chi connectivity index (χ4v) is 4.26. The Kier molecular flexibility index (Phi) is 5.16. The maximum absolute atomic E-state index is 13.0. The van der Waals surface area contributed by atoms with Crippen LogP contribution in [-0.4, -0.2) is 15.5 Å². The molecule has 1 aliphatic rings. The lowest BCUT2D eigenvalue weighted by atomic mass is 10.1. The van der Waals surface area contributed by atoms with Gasteiger partial charge < -0.3 is 4.57 Å². The van der Waals surface area contributed by atoms with Crippen molar-refractivity contribution in [3.8, 4) is 0 Å². The highest BCUT2D eigenvalue weighted by Gasteiger charge is 2.27. The first-order chi connectivity index (χ1) is 13.4. The van der Waals surface area contributed by atoms with Gasteiger partial charge in [-0.2, -0.15) is 0 Å². The van der Waals surface area contributed by atoms with E-state index < -0.39 is 5.91 Å². The predicted octanol–water partition coefficient (Wildman–Crippen LogP) is 4.69. The topological polar surface area (TPSA) is 64.0 Å². The van der Waals surface area contributed by atoms with Crippen molar-refractivity contribution in [3.63, 3.8) is 0 Å². The fraction of sp³-hybridized carbons (Fsp3) is 0.250. The largest absolute Gasteiger partial charge is 0.346 e. The van der Waals surface area contributed by atoms with Crippen LogP contribution in [0, 0.1) is 12.7 Å². The molecule has 0 aliphatic heterocycles. The van der Waals surface area contributed by atoms with Gasteiger partial charge in [-0.25, -0.2) is 9.37 Å². The van der Waals surface area contributed by atoms with Crippen molar-refractivity contribution >= 4 is 38.3 Å². The van der Waals surface area contributed by atoms with Gasteiger partial charge in [-0.1, -0.05) is 12.1 Å². The number of halogens is 2. The molecule has 3 aromatic rings. The van der Waals surface area contributed by atoms with Crippen LogP contribution in [0.5, 0.6) is 0 Å². The fourth-order valence-electron chi connectivity index (χ4n) is 3.00. The summed E-state index contributed by atoms with van der Waals surface area (Å²) >= 11 is 4.66. The molecule has 0 bridgehead atoms. The number of hydrogen-bond acceptors (Lipinski definition) is 4. The van der Waals surface area contributed by atoms with Gasteiger partial charge in [-0.15, -0.1) is 11.3 Å². The van der Waals surface area contributed by atoms with Crippen molar-refractivity contribution in [2.45, 2.75) is 32.2 Å². The van der Waals surface area contributed by atoms with E-state index in [1.807, 2.05) is 11.5 Å². The molecular formula is C20H17BrFN3O2S. The maximum Gasteiger partial charge on any atom is 0.262 e. The molecule has 5 nitrogen and oxygen atoms in total. The van der Waals surface area contributed by atoms with Crippen molar-refractivity contribution in [3.05, 3.63) is 78.9 Å². The Morgan fingerprint density at radius 3 is 2.75 bits per heavy atom. The van der Waals surface area contributed by atoms with E-state index >= 15 is 0 Å². The molecule has 2 heterocycles. The molecule has 0 unspecified atom stereocenters. The number of hydrogen-bond donors (Lipinski definition) is 1. The van der Waals surface area contributed by atoms with Crippen LogP contribution >= 0.6 is 27.3 Å². The number of amides is 1. The SMILES string of the molecule is Cc1c(Br)c(=O)c(C(=O)Nc2ncc(Cc3ccc(F)cc3)s2)cn1C1CC1. The highest BCUT2D eigenvalue weighted by atomic mass is 79.9. The van der Waals surface area contributed by atoms with Crippen molar-refractivity contribution < 1.29 is 9.18 Å².